The largest absolute Gasteiger partial charge is 0.467 e. The number of halogens is 2. The van der Waals surface area contributed by atoms with Crippen molar-refractivity contribution in [2.45, 2.75) is 33.1 Å². The van der Waals surface area contributed by atoms with Crippen molar-refractivity contribution in [1.29, 1.82) is 0 Å². The number of benzene rings is 1. The Labute approximate surface area is 199 Å². The first-order valence-electron chi connectivity index (χ1n) is 10.2. The molecule has 0 saturated heterocycles. The fraction of sp³-hybridized carbons (Fsp3) is 0.364. The van der Waals surface area contributed by atoms with Crippen molar-refractivity contribution in [1.82, 2.24) is 9.97 Å². The third kappa shape index (κ3) is 4.67. The van der Waals surface area contributed by atoms with Gasteiger partial charge in [0.15, 0.2) is 6.61 Å². The van der Waals surface area contributed by atoms with Crippen molar-refractivity contribution in [3.63, 3.8) is 0 Å². The molecule has 4 rings (SSSR count). The summed E-state index contributed by atoms with van der Waals surface area (Å²) in [5.74, 6) is -0.101. The molecule has 0 radical (unpaired) electrons. The normalized spacial score (nSPS) is 15.3. The van der Waals surface area contributed by atoms with Gasteiger partial charge in [-0.15, -0.1) is 11.3 Å². The van der Waals surface area contributed by atoms with Crippen LogP contribution in [0.25, 0.3) is 10.9 Å². The second kappa shape index (κ2) is 9.60. The van der Waals surface area contributed by atoms with Crippen LogP contribution in [0.3, 0.4) is 0 Å². The van der Waals surface area contributed by atoms with E-state index in [4.69, 9.17) is 32.7 Å². The summed E-state index contributed by atoms with van der Waals surface area (Å²) in [6.45, 7) is 3.90. The summed E-state index contributed by atoms with van der Waals surface area (Å²) in [7, 11) is 0. The van der Waals surface area contributed by atoms with Crippen LogP contribution in [0.2, 0.25) is 10.0 Å². The fourth-order valence-electron chi connectivity index (χ4n) is 3.74. The Balaban J connectivity index is 1.54. The average molecular weight is 494 g/mol. The van der Waals surface area contributed by atoms with Crippen LogP contribution in [0, 0.1) is 5.92 Å². The number of carbonyl (C=O) groups is 2. The lowest BCUT2D eigenvalue weighted by Gasteiger charge is -2.18. The van der Waals surface area contributed by atoms with E-state index in [9.17, 15) is 9.59 Å². The van der Waals surface area contributed by atoms with E-state index in [1.165, 1.54) is 17.7 Å². The zero-order chi connectivity index (χ0) is 22.8. The summed E-state index contributed by atoms with van der Waals surface area (Å²) in [4.78, 5) is 34.7. The van der Waals surface area contributed by atoms with E-state index in [0.29, 0.717) is 37.4 Å². The van der Waals surface area contributed by atoms with Crippen LogP contribution >= 0.6 is 34.5 Å². The number of esters is 1. The van der Waals surface area contributed by atoms with Gasteiger partial charge in [-0.1, -0.05) is 30.1 Å². The molecule has 0 saturated carbocycles. The van der Waals surface area contributed by atoms with Crippen molar-refractivity contribution in [2.24, 2.45) is 5.92 Å². The van der Waals surface area contributed by atoms with E-state index in [2.05, 4.69) is 22.2 Å². The average Bonchev–Trinajstić information content (AvgIpc) is 3.09. The van der Waals surface area contributed by atoms with Gasteiger partial charge in [-0.2, -0.15) is 0 Å². The lowest BCUT2D eigenvalue weighted by Crippen LogP contribution is -2.22. The van der Waals surface area contributed by atoms with Gasteiger partial charge in [-0.05, 0) is 49.8 Å². The Kier molecular flexibility index (Phi) is 6.83. The first-order chi connectivity index (χ1) is 15.4. The quantitative estimate of drug-likeness (QED) is 0.467. The number of anilines is 1. The molecule has 7 nitrogen and oxygen atoms in total. The molecule has 3 aromatic rings. The van der Waals surface area contributed by atoms with Crippen LogP contribution in [-0.2, 0) is 22.4 Å². The van der Waals surface area contributed by atoms with Crippen molar-refractivity contribution >= 4 is 62.3 Å². The summed E-state index contributed by atoms with van der Waals surface area (Å²) in [6, 6.07) is 3.20. The van der Waals surface area contributed by atoms with Gasteiger partial charge < -0.3 is 14.8 Å². The Hall–Kier alpha value is -2.42. The smallest absolute Gasteiger partial charge is 0.341 e. The molecule has 1 amide bonds. The molecule has 1 N–H and O–H groups in total. The molecule has 0 bridgehead atoms. The summed E-state index contributed by atoms with van der Waals surface area (Å²) >= 11 is 13.7. The molecule has 1 aromatic carbocycles. The molecule has 1 aliphatic carbocycles. The van der Waals surface area contributed by atoms with Crippen molar-refractivity contribution in [3.8, 4) is 5.88 Å². The lowest BCUT2D eigenvalue weighted by atomic mass is 9.88. The molecule has 0 unspecified atom stereocenters. The minimum Gasteiger partial charge on any atom is -0.467 e. The van der Waals surface area contributed by atoms with Gasteiger partial charge in [-0.25, -0.2) is 14.8 Å². The maximum Gasteiger partial charge on any atom is 0.341 e. The predicted molar refractivity (Wildman–Crippen MR) is 125 cm³/mol. The minimum absolute atomic E-state index is 0.194. The molecule has 0 spiro atoms. The number of ether oxygens (including phenoxy) is 2. The molecule has 32 heavy (non-hydrogen) atoms. The van der Waals surface area contributed by atoms with Gasteiger partial charge in [0.05, 0.1) is 28.1 Å². The number of nitrogens with zero attached hydrogens (tertiary/aromatic N) is 2. The van der Waals surface area contributed by atoms with Crippen LogP contribution in [-0.4, -0.2) is 35.1 Å². The minimum atomic E-state index is -0.415. The molecule has 1 atom stereocenters. The van der Waals surface area contributed by atoms with Crippen LogP contribution in [0.1, 0.15) is 41.1 Å². The standard InChI is InChI=1S/C22H21Cl2N3O4S/c1-3-30-22(29)18-13-5-4-11(2)6-16(13)32-21(18)27-17(28)9-31-20-14-7-12(23)8-15(24)19(14)25-10-26-20/h7-8,10-11H,3-6,9H2,1-2H3,(H,27,28)/t11-/m0/s1. The van der Waals surface area contributed by atoms with Gasteiger partial charge in [0.2, 0.25) is 5.88 Å². The SMILES string of the molecule is CCOC(=O)c1c(NC(=O)COc2ncnc3c(Cl)cc(Cl)cc23)sc2c1CC[C@H](C)C2. The number of aromatic nitrogens is 2. The van der Waals surface area contributed by atoms with E-state index >= 15 is 0 Å². The van der Waals surface area contributed by atoms with Gasteiger partial charge >= 0.3 is 5.97 Å². The first kappa shape index (κ1) is 22.8. The highest BCUT2D eigenvalue weighted by Gasteiger charge is 2.29. The van der Waals surface area contributed by atoms with Gasteiger partial charge in [-0.3, -0.25) is 4.79 Å². The second-order valence-corrected chi connectivity index (χ2v) is 9.52. The Morgan fingerprint density at radius 3 is 2.88 bits per heavy atom. The number of rotatable bonds is 6. The number of hydrogen-bond donors (Lipinski definition) is 1. The van der Waals surface area contributed by atoms with E-state index < -0.39 is 11.9 Å². The maximum absolute atomic E-state index is 12.7. The number of fused-ring (bicyclic) bond motifs is 2. The Bertz CT molecular complexity index is 1200. The highest BCUT2D eigenvalue weighted by atomic mass is 35.5. The molecule has 10 heteroatoms. The molecule has 168 valence electrons. The van der Waals surface area contributed by atoms with Crippen LogP contribution in [0.5, 0.6) is 5.88 Å². The number of nitrogens with one attached hydrogen (secondary N) is 1. The highest BCUT2D eigenvalue weighted by Crippen LogP contribution is 2.40. The van der Waals surface area contributed by atoms with E-state index in [-0.39, 0.29) is 19.1 Å². The molecule has 0 fully saturated rings. The summed E-state index contributed by atoms with van der Waals surface area (Å²) < 4.78 is 10.9. The van der Waals surface area contributed by atoms with Gasteiger partial charge in [0.1, 0.15) is 11.3 Å². The first-order valence-corrected chi connectivity index (χ1v) is 11.8. The molecule has 2 heterocycles. The summed E-state index contributed by atoms with van der Waals surface area (Å²) in [6.07, 6.45) is 3.98. The summed E-state index contributed by atoms with van der Waals surface area (Å²) in [5.41, 5.74) is 1.91. The molecule has 2 aromatic heterocycles. The molecular formula is C22H21Cl2N3O4S. The second-order valence-electron chi connectivity index (χ2n) is 7.58. The Morgan fingerprint density at radius 1 is 1.28 bits per heavy atom. The monoisotopic (exact) mass is 493 g/mol. The molecule has 0 aliphatic heterocycles. The topological polar surface area (TPSA) is 90.4 Å². The fourth-order valence-corrected chi connectivity index (χ4v) is 5.70. The third-order valence-electron chi connectivity index (χ3n) is 5.20. The summed E-state index contributed by atoms with van der Waals surface area (Å²) in [5, 5.41) is 4.59. The molecular weight excluding hydrogens is 473 g/mol. The zero-order valence-corrected chi connectivity index (χ0v) is 19.9. The van der Waals surface area contributed by atoms with Crippen LogP contribution < -0.4 is 10.1 Å². The maximum atomic E-state index is 12.7. The number of carbonyl (C=O) groups excluding carboxylic acids is 2. The zero-order valence-electron chi connectivity index (χ0n) is 17.5. The number of amides is 1. The lowest BCUT2D eigenvalue weighted by molar-refractivity contribution is -0.118. The van der Waals surface area contributed by atoms with E-state index in [0.717, 1.165) is 29.7 Å². The van der Waals surface area contributed by atoms with Crippen LogP contribution in [0.15, 0.2) is 18.5 Å². The van der Waals surface area contributed by atoms with Crippen molar-refractivity contribution in [3.05, 3.63) is 44.5 Å². The molecule has 1 aliphatic rings. The van der Waals surface area contributed by atoms with Crippen molar-refractivity contribution in [2.75, 3.05) is 18.5 Å². The van der Waals surface area contributed by atoms with E-state index in [1.807, 2.05) is 0 Å². The van der Waals surface area contributed by atoms with E-state index in [1.54, 1.807) is 19.1 Å². The van der Waals surface area contributed by atoms with Crippen molar-refractivity contribution < 1.29 is 19.1 Å². The van der Waals surface area contributed by atoms with Crippen LogP contribution in [0.4, 0.5) is 5.00 Å². The van der Waals surface area contributed by atoms with Gasteiger partial charge in [0, 0.05) is 9.90 Å². The van der Waals surface area contributed by atoms with Gasteiger partial charge in [0.25, 0.3) is 5.91 Å². The highest BCUT2D eigenvalue weighted by molar-refractivity contribution is 7.17. The number of thiophene rings is 1. The Morgan fingerprint density at radius 2 is 2.09 bits per heavy atom. The third-order valence-corrected chi connectivity index (χ3v) is 6.88. The predicted octanol–water partition coefficient (Wildman–Crippen LogP) is 5.32. The number of hydrogen-bond acceptors (Lipinski definition) is 7.